The van der Waals surface area contributed by atoms with Crippen molar-refractivity contribution in [2.75, 3.05) is 0 Å². The molecule has 0 spiro atoms. The Kier molecular flexibility index (Phi) is 3.12. The molecule has 0 amide bonds. The van der Waals surface area contributed by atoms with Gasteiger partial charge < -0.3 is 9.73 Å². The molecule has 0 aliphatic carbocycles. The molecule has 0 saturated heterocycles. The zero-order valence-corrected chi connectivity index (χ0v) is 11.8. The van der Waals surface area contributed by atoms with Crippen molar-refractivity contribution in [2.24, 2.45) is 0 Å². The SMILES string of the molecule is CC(C)(NCc1coc2ccccc12)c1nccs1. The maximum atomic E-state index is 5.55. The van der Waals surface area contributed by atoms with Crippen LogP contribution >= 0.6 is 11.3 Å². The lowest BCUT2D eigenvalue weighted by molar-refractivity contribution is 0.399. The van der Waals surface area contributed by atoms with Crippen molar-refractivity contribution < 1.29 is 4.42 Å². The van der Waals surface area contributed by atoms with Crippen LogP contribution in [0.1, 0.15) is 24.4 Å². The highest BCUT2D eigenvalue weighted by Crippen LogP contribution is 2.25. The minimum Gasteiger partial charge on any atom is -0.464 e. The van der Waals surface area contributed by atoms with Crippen LogP contribution in [0.5, 0.6) is 0 Å². The van der Waals surface area contributed by atoms with Gasteiger partial charge in [0.05, 0.1) is 11.8 Å². The second-order valence-electron chi connectivity index (χ2n) is 5.07. The summed E-state index contributed by atoms with van der Waals surface area (Å²) >= 11 is 1.67. The number of nitrogens with zero attached hydrogens (tertiary/aromatic N) is 1. The molecule has 0 unspecified atom stereocenters. The number of hydrogen-bond acceptors (Lipinski definition) is 4. The molecule has 0 radical (unpaired) electrons. The van der Waals surface area contributed by atoms with E-state index in [2.05, 4.69) is 30.2 Å². The first-order valence-corrected chi connectivity index (χ1v) is 7.15. The molecular formula is C15H16N2OS. The van der Waals surface area contributed by atoms with Gasteiger partial charge in [-0.15, -0.1) is 11.3 Å². The lowest BCUT2D eigenvalue weighted by atomic mass is 10.1. The van der Waals surface area contributed by atoms with Gasteiger partial charge in [0.15, 0.2) is 0 Å². The standard InChI is InChI=1S/C15H16N2OS/c1-15(2,14-16-7-8-19-14)17-9-11-10-18-13-6-4-3-5-12(11)13/h3-8,10,17H,9H2,1-2H3. The van der Waals surface area contributed by atoms with E-state index in [0.29, 0.717) is 0 Å². The Labute approximate surface area is 116 Å². The minimum atomic E-state index is -0.132. The molecule has 0 aliphatic rings. The first kappa shape index (κ1) is 12.4. The second kappa shape index (κ2) is 4.79. The Morgan fingerprint density at radius 3 is 2.95 bits per heavy atom. The first-order valence-electron chi connectivity index (χ1n) is 6.27. The smallest absolute Gasteiger partial charge is 0.134 e. The summed E-state index contributed by atoms with van der Waals surface area (Å²) in [5, 5.41) is 7.82. The zero-order chi connectivity index (χ0) is 13.3. The van der Waals surface area contributed by atoms with Crippen LogP contribution in [0.15, 0.2) is 46.5 Å². The van der Waals surface area contributed by atoms with Crippen molar-refractivity contribution in [3.8, 4) is 0 Å². The third kappa shape index (κ3) is 2.41. The number of rotatable bonds is 4. The van der Waals surface area contributed by atoms with Gasteiger partial charge in [0.1, 0.15) is 10.6 Å². The predicted molar refractivity (Wildman–Crippen MR) is 78.2 cm³/mol. The summed E-state index contributed by atoms with van der Waals surface area (Å²) in [6.45, 7) is 5.06. The molecule has 1 N–H and O–H groups in total. The Hall–Kier alpha value is -1.65. The van der Waals surface area contributed by atoms with Crippen LogP contribution in [0.2, 0.25) is 0 Å². The Morgan fingerprint density at radius 2 is 2.16 bits per heavy atom. The van der Waals surface area contributed by atoms with Crippen molar-refractivity contribution >= 4 is 22.3 Å². The molecule has 2 aromatic heterocycles. The number of benzene rings is 1. The Balaban J connectivity index is 1.79. The van der Waals surface area contributed by atoms with Crippen molar-refractivity contribution in [1.82, 2.24) is 10.3 Å². The normalized spacial score (nSPS) is 12.1. The number of aromatic nitrogens is 1. The molecule has 2 heterocycles. The van der Waals surface area contributed by atoms with Crippen LogP contribution in [0.3, 0.4) is 0 Å². The van der Waals surface area contributed by atoms with E-state index in [1.165, 1.54) is 10.9 Å². The molecule has 1 aromatic carbocycles. The summed E-state index contributed by atoms with van der Waals surface area (Å²) < 4.78 is 5.55. The molecule has 0 aliphatic heterocycles. The Bertz CT molecular complexity index is 670. The lowest BCUT2D eigenvalue weighted by Gasteiger charge is -2.23. The van der Waals surface area contributed by atoms with Crippen LogP contribution in [0.4, 0.5) is 0 Å². The summed E-state index contributed by atoms with van der Waals surface area (Å²) in [6.07, 6.45) is 3.67. The molecule has 0 bridgehead atoms. The largest absolute Gasteiger partial charge is 0.464 e. The van der Waals surface area contributed by atoms with Crippen LogP contribution in [0.25, 0.3) is 11.0 Å². The van der Waals surface area contributed by atoms with Gasteiger partial charge in [0.25, 0.3) is 0 Å². The molecule has 3 nitrogen and oxygen atoms in total. The van der Waals surface area contributed by atoms with Gasteiger partial charge in [0, 0.05) is 29.1 Å². The zero-order valence-electron chi connectivity index (χ0n) is 11.0. The van der Waals surface area contributed by atoms with E-state index in [9.17, 15) is 0 Å². The highest BCUT2D eigenvalue weighted by Gasteiger charge is 2.22. The maximum absolute atomic E-state index is 5.55. The lowest BCUT2D eigenvalue weighted by Crippen LogP contribution is -2.35. The van der Waals surface area contributed by atoms with E-state index < -0.39 is 0 Å². The van der Waals surface area contributed by atoms with Crippen molar-refractivity contribution in [2.45, 2.75) is 25.9 Å². The van der Waals surface area contributed by atoms with Crippen LogP contribution in [-0.4, -0.2) is 4.98 Å². The van der Waals surface area contributed by atoms with E-state index in [-0.39, 0.29) is 5.54 Å². The first-order chi connectivity index (χ1) is 9.17. The number of hydrogen-bond donors (Lipinski definition) is 1. The van der Waals surface area contributed by atoms with Crippen LogP contribution in [-0.2, 0) is 12.1 Å². The molecule has 0 fully saturated rings. The van der Waals surface area contributed by atoms with Crippen LogP contribution in [0, 0.1) is 0 Å². The summed E-state index contributed by atoms with van der Waals surface area (Å²) in [7, 11) is 0. The molecule has 0 saturated carbocycles. The predicted octanol–water partition coefficient (Wildman–Crippen LogP) is 3.91. The van der Waals surface area contributed by atoms with Gasteiger partial charge in [-0.1, -0.05) is 18.2 Å². The van der Waals surface area contributed by atoms with Gasteiger partial charge >= 0.3 is 0 Å². The summed E-state index contributed by atoms with van der Waals surface area (Å²) in [5.41, 5.74) is 1.98. The quantitative estimate of drug-likeness (QED) is 0.782. The third-order valence-corrected chi connectivity index (χ3v) is 4.35. The Morgan fingerprint density at radius 1 is 1.32 bits per heavy atom. The van der Waals surface area contributed by atoms with Gasteiger partial charge in [-0.3, -0.25) is 0 Å². The minimum absolute atomic E-state index is 0.132. The monoisotopic (exact) mass is 272 g/mol. The highest BCUT2D eigenvalue weighted by atomic mass is 32.1. The third-order valence-electron chi connectivity index (χ3n) is 3.25. The maximum Gasteiger partial charge on any atom is 0.134 e. The van der Waals surface area contributed by atoms with E-state index >= 15 is 0 Å². The number of para-hydroxylation sites is 1. The molecule has 19 heavy (non-hydrogen) atoms. The fourth-order valence-corrected chi connectivity index (χ4v) is 2.83. The summed E-state index contributed by atoms with van der Waals surface area (Å²) in [4.78, 5) is 4.38. The molecule has 4 heteroatoms. The molecule has 3 aromatic rings. The van der Waals surface area contributed by atoms with Crippen molar-refractivity contribution in [3.05, 3.63) is 52.7 Å². The average molecular weight is 272 g/mol. The molecule has 98 valence electrons. The second-order valence-corrected chi connectivity index (χ2v) is 5.97. The number of fused-ring (bicyclic) bond motifs is 1. The molecule has 3 rings (SSSR count). The number of furan rings is 1. The van der Waals surface area contributed by atoms with Crippen molar-refractivity contribution in [3.63, 3.8) is 0 Å². The highest BCUT2D eigenvalue weighted by molar-refractivity contribution is 7.09. The molecule has 0 atom stereocenters. The van der Waals surface area contributed by atoms with E-state index in [4.69, 9.17) is 4.42 Å². The topological polar surface area (TPSA) is 38.1 Å². The van der Waals surface area contributed by atoms with E-state index in [1.54, 1.807) is 11.3 Å². The van der Waals surface area contributed by atoms with Gasteiger partial charge in [-0.25, -0.2) is 4.98 Å². The fourth-order valence-electron chi connectivity index (χ4n) is 2.09. The fraction of sp³-hybridized carbons (Fsp3) is 0.267. The number of nitrogens with one attached hydrogen (secondary N) is 1. The average Bonchev–Trinajstić information content (AvgIpc) is 3.07. The van der Waals surface area contributed by atoms with E-state index in [0.717, 1.165) is 17.1 Å². The summed E-state index contributed by atoms with van der Waals surface area (Å²) in [6, 6.07) is 8.10. The van der Waals surface area contributed by atoms with Gasteiger partial charge in [-0.2, -0.15) is 0 Å². The summed E-state index contributed by atoms with van der Waals surface area (Å²) in [5.74, 6) is 0. The number of thiazole rings is 1. The molecular weight excluding hydrogens is 256 g/mol. The van der Waals surface area contributed by atoms with Crippen molar-refractivity contribution in [1.29, 1.82) is 0 Å². The van der Waals surface area contributed by atoms with Gasteiger partial charge in [0.2, 0.25) is 0 Å². The van der Waals surface area contributed by atoms with Gasteiger partial charge in [-0.05, 0) is 19.9 Å². The van der Waals surface area contributed by atoms with Crippen LogP contribution < -0.4 is 5.32 Å². The van der Waals surface area contributed by atoms with E-state index in [1.807, 2.05) is 36.0 Å².